The van der Waals surface area contributed by atoms with Crippen LogP contribution in [0.3, 0.4) is 0 Å². The molecule has 2 aliphatic rings. The van der Waals surface area contributed by atoms with Gasteiger partial charge < -0.3 is 24.4 Å². The summed E-state index contributed by atoms with van der Waals surface area (Å²) in [5.74, 6) is -1.28. The Morgan fingerprint density at radius 3 is 2.38 bits per heavy atom. The molecule has 48 heavy (non-hydrogen) atoms. The summed E-state index contributed by atoms with van der Waals surface area (Å²) in [6.07, 6.45) is 1.64. The fourth-order valence-corrected chi connectivity index (χ4v) is 8.30. The van der Waals surface area contributed by atoms with Gasteiger partial charge in [-0.15, -0.1) is 0 Å². The van der Waals surface area contributed by atoms with E-state index in [0.29, 0.717) is 24.3 Å². The molecule has 1 unspecified atom stereocenters. The first-order valence-corrected chi connectivity index (χ1v) is 17.1. The lowest BCUT2D eigenvalue weighted by molar-refractivity contribution is -0.145. The summed E-state index contributed by atoms with van der Waals surface area (Å²) in [6.45, 7) is 2.42. The van der Waals surface area contributed by atoms with Gasteiger partial charge in [0.25, 0.3) is 15.9 Å². The van der Waals surface area contributed by atoms with Crippen molar-refractivity contribution in [1.82, 2.24) is 14.7 Å². The van der Waals surface area contributed by atoms with E-state index >= 15 is 4.79 Å². The molecule has 0 spiro atoms. The van der Waals surface area contributed by atoms with E-state index in [1.807, 2.05) is 33.3 Å². The average Bonchev–Trinajstić information content (AvgIpc) is 3.65. The lowest BCUT2D eigenvalue weighted by atomic mass is 9.79. The van der Waals surface area contributed by atoms with Gasteiger partial charge in [0.05, 0.1) is 36.4 Å². The molecule has 1 N–H and O–H groups in total. The van der Waals surface area contributed by atoms with E-state index in [2.05, 4.69) is 15.9 Å². The molecule has 254 valence electrons. The van der Waals surface area contributed by atoms with E-state index in [1.165, 1.54) is 56.7 Å². The van der Waals surface area contributed by atoms with Gasteiger partial charge in [0, 0.05) is 24.2 Å². The van der Waals surface area contributed by atoms with Crippen LogP contribution < -0.4 is 13.8 Å². The molecule has 0 radical (unpaired) electrons. The number of amides is 1. The van der Waals surface area contributed by atoms with Crippen LogP contribution in [-0.2, 0) is 31.7 Å². The van der Waals surface area contributed by atoms with Crippen molar-refractivity contribution in [3.63, 3.8) is 0 Å². The molecular formula is C35H41N5O7S. The summed E-state index contributed by atoms with van der Waals surface area (Å²) >= 11 is 0. The SMILES string of the molecule is COc1ccc(S(=O)(=O)N2C(=O)C(c3cc(CN(C)CCCN(C)C)ccc3OC)(N3CCC[C@H]3C(=O)O)c3cc(C#N)ccc32)cc1. The van der Waals surface area contributed by atoms with Crippen molar-refractivity contribution < 1.29 is 32.6 Å². The number of nitrogens with zero attached hydrogens (tertiary/aromatic N) is 5. The Morgan fingerprint density at radius 1 is 1.02 bits per heavy atom. The maximum absolute atomic E-state index is 15.3. The van der Waals surface area contributed by atoms with Crippen molar-refractivity contribution in [3.05, 3.63) is 82.9 Å². The normalized spacial score (nSPS) is 19.5. The highest BCUT2D eigenvalue weighted by molar-refractivity contribution is 7.93. The number of benzene rings is 3. The molecule has 2 heterocycles. The number of anilines is 1. The van der Waals surface area contributed by atoms with Crippen molar-refractivity contribution >= 4 is 27.6 Å². The zero-order valence-electron chi connectivity index (χ0n) is 27.8. The highest BCUT2D eigenvalue weighted by Gasteiger charge is 2.63. The maximum atomic E-state index is 15.3. The number of nitriles is 1. The van der Waals surface area contributed by atoms with Gasteiger partial charge in [-0.1, -0.05) is 6.07 Å². The molecule has 1 fully saturated rings. The highest BCUT2D eigenvalue weighted by atomic mass is 32.2. The molecule has 0 bridgehead atoms. The van der Waals surface area contributed by atoms with Crippen molar-refractivity contribution in [2.45, 2.75) is 42.3 Å². The zero-order valence-corrected chi connectivity index (χ0v) is 28.7. The number of rotatable bonds is 13. The molecule has 5 rings (SSSR count). The first kappa shape index (κ1) is 34.8. The molecule has 0 aliphatic carbocycles. The number of methoxy groups -OCH3 is 2. The minimum absolute atomic E-state index is 0.0408. The van der Waals surface area contributed by atoms with Crippen LogP contribution in [0.2, 0.25) is 0 Å². The van der Waals surface area contributed by atoms with Crippen LogP contribution in [0.1, 0.15) is 41.5 Å². The predicted molar refractivity (Wildman–Crippen MR) is 179 cm³/mol. The largest absolute Gasteiger partial charge is 0.497 e. The molecule has 3 aromatic carbocycles. The number of carbonyl (C=O) groups excluding carboxylic acids is 1. The van der Waals surface area contributed by atoms with E-state index in [4.69, 9.17) is 9.47 Å². The summed E-state index contributed by atoms with van der Waals surface area (Å²) in [7, 11) is 4.41. The highest BCUT2D eigenvalue weighted by Crippen LogP contribution is 2.54. The van der Waals surface area contributed by atoms with E-state index in [-0.39, 0.29) is 40.4 Å². The molecule has 12 nitrogen and oxygen atoms in total. The van der Waals surface area contributed by atoms with E-state index < -0.39 is 33.5 Å². The lowest BCUT2D eigenvalue weighted by Gasteiger charge is -2.41. The minimum Gasteiger partial charge on any atom is -0.497 e. The van der Waals surface area contributed by atoms with Gasteiger partial charge in [-0.05, 0) is 114 Å². The number of hydrogen-bond donors (Lipinski definition) is 1. The van der Waals surface area contributed by atoms with Crippen molar-refractivity contribution in [2.75, 3.05) is 59.3 Å². The second-order valence-corrected chi connectivity index (χ2v) is 14.2. The summed E-state index contributed by atoms with van der Waals surface area (Å²) < 4.78 is 40.7. The van der Waals surface area contributed by atoms with Crippen LogP contribution in [-0.4, -0.2) is 101 Å². The van der Waals surface area contributed by atoms with Gasteiger partial charge >= 0.3 is 5.97 Å². The average molecular weight is 676 g/mol. The van der Waals surface area contributed by atoms with Gasteiger partial charge in [-0.3, -0.25) is 14.5 Å². The minimum atomic E-state index is -4.54. The Bertz CT molecular complexity index is 1840. The molecule has 13 heteroatoms. The van der Waals surface area contributed by atoms with Crippen LogP contribution in [0.5, 0.6) is 11.5 Å². The Balaban J connectivity index is 1.77. The molecular weight excluding hydrogens is 634 g/mol. The summed E-state index contributed by atoms with van der Waals surface area (Å²) in [5.41, 5.74) is -0.384. The van der Waals surface area contributed by atoms with E-state index in [1.54, 1.807) is 11.0 Å². The van der Waals surface area contributed by atoms with Gasteiger partial charge in [0.1, 0.15) is 17.5 Å². The van der Waals surface area contributed by atoms with Crippen LogP contribution in [0.15, 0.2) is 65.6 Å². The third-order valence-corrected chi connectivity index (χ3v) is 10.8. The van der Waals surface area contributed by atoms with Crippen LogP contribution in [0, 0.1) is 11.3 Å². The number of likely N-dealkylation sites (tertiary alicyclic amines) is 1. The van der Waals surface area contributed by atoms with Gasteiger partial charge in [0.15, 0.2) is 5.54 Å². The van der Waals surface area contributed by atoms with Crippen molar-refractivity contribution in [1.29, 1.82) is 5.26 Å². The smallest absolute Gasteiger partial charge is 0.320 e. The van der Waals surface area contributed by atoms with Crippen molar-refractivity contribution in [2.24, 2.45) is 0 Å². The lowest BCUT2D eigenvalue weighted by Crippen LogP contribution is -2.58. The molecule has 3 aromatic rings. The monoisotopic (exact) mass is 675 g/mol. The first-order chi connectivity index (χ1) is 22.9. The summed E-state index contributed by atoms with van der Waals surface area (Å²) in [6, 6.07) is 16.5. The Morgan fingerprint density at radius 2 is 1.75 bits per heavy atom. The quantitative estimate of drug-likeness (QED) is 0.284. The molecule has 0 saturated carbocycles. The van der Waals surface area contributed by atoms with Crippen LogP contribution in [0.4, 0.5) is 5.69 Å². The predicted octanol–water partition coefficient (Wildman–Crippen LogP) is 3.49. The molecule has 2 atom stereocenters. The van der Waals surface area contributed by atoms with Crippen molar-refractivity contribution in [3.8, 4) is 17.6 Å². The Kier molecular flexibility index (Phi) is 10.1. The standard InChI is InChI=1S/C35H41N5O7S/c1-37(2)17-7-18-38(3)23-25-10-16-32(47-5)29(21-25)35(39-19-6-8-31(39)33(41)42)28-20-24(22-36)9-15-30(28)40(34(35)43)48(44,45)27-13-11-26(46-4)12-14-27/h9-16,20-21,31H,6-8,17-19,23H2,1-5H3,(H,41,42)/t31-,35?/m0/s1. The number of carbonyl (C=O) groups is 2. The topological polar surface area (TPSA) is 144 Å². The van der Waals surface area contributed by atoms with E-state index in [0.717, 1.165) is 29.4 Å². The summed E-state index contributed by atoms with van der Waals surface area (Å²) in [4.78, 5) is 33.8. The van der Waals surface area contributed by atoms with Gasteiger partial charge in [0.2, 0.25) is 0 Å². The number of ether oxygens (including phenoxy) is 2. The first-order valence-electron chi connectivity index (χ1n) is 15.7. The number of hydrogen-bond acceptors (Lipinski definition) is 10. The number of sulfonamides is 1. The van der Waals surface area contributed by atoms with E-state index in [9.17, 15) is 23.6 Å². The fraction of sp³-hybridized carbons (Fsp3) is 0.400. The Hall–Kier alpha value is -4.48. The molecule has 1 saturated heterocycles. The fourth-order valence-electron chi connectivity index (χ4n) is 6.84. The number of aliphatic carboxylic acids is 1. The van der Waals surface area contributed by atoms with Gasteiger partial charge in [-0.2, -0.15) is 5.26 Å². The summed E-state index contributed by atoms with van der Waals surface area (Å²) in [5, 5.41) is 20.4. The number of fused-ring (bicyclic) bond motifs is 1. The van der Waals surface area contributed by atoms with Crippen LogP contribution in [0.25, 0.3) is 0 Å². The third kappa shape index (κ3) is 6.12. The maximum Gasteiger partial charge on any atom is 0.320 e. The third-order valence-electron chi connectivity index (χ3n) is 9.05. The zero-order chi connectivity index (χ0) is 34.8. The number of carboxylic acids is 1. The second kappa shape index (κ2) is 13.9. The Labute approximate surface area is 281 Å². The van der Waals surface area contributed by atoms with Crippen LogP contribution >= 0.6 is 0 Å². The molecule has 1 amide bonds. The molecule has 2 aliphatic heterocycles. The second-order valence-electron chi connectivity index (χ2n) is 12.4. The van der Waals surface area contributed by atoms with Gasteiger partial charge in [-0.25, -0.2) is 12.7 Å². The number of carboxylic acid groups (broad SMARTS) is 1. The molecule has 0 aromatic heterocycles.